The first-order valence-corrected chi connectivity index (χ1v) is 7.40. The maximum absolute atomic E-state index is 12.3. The highest BCUT2D eigenvalue weighted by Gasteiger charge is 2.25. The standard InChI is InChI=1S/C15H18F2N2O4/c16-12(17)7-11(15(21)22)19-14(20)9-5-6-13(18-8-9)23-10-3-1-2-4-10/h5-6,8,10-12H,1-4,7H2,(H,19,20)(H,21,22). The summed E-state index contributed by atoms with van der Waals surface area (Å²) < 4.78 is 30.2. The van der Waals surface area contributed by atoms with Crippen molar-refractivity contribution in [3.63, 3.8) is 0 Å². The summed E-state index contributed by atoms with van der Waals surface area (Å²) in [5, 5.41) is 10.9. The quantitative estimate of drug-likeness (QED) is 0.801. The molecule has 1 aliphatic carbocycles. The number of rotatable bonds is 7. The number of aliphatic carboxylic acids is 1. The van der Waals surface area contributed by atoms with Crippen LogP contribution in [0.1, 0.15) is 42.5 Å². The van der Waals surface area contributed by atoms with Crippen molar-refractivity contribution in [2.45, 2.75) is 50.7 Å². The summed E-state index contributed by atoms with van der Waals surface area (Å²) in [4.78, 5) is 26.8. The van der Waals surface area contributed by atoms with E-state index in [0.29, 0.717) is 5.88 Å². The van der Waals surface area contributed by atoms with Gasteiger partial charge in [-0.15, -0.1) is 0 Å². The Labute approximate surface area is 131 Å². The van der Waals surface area contributed by atoms with Crippen molar-refractivity contribution in [2.24, 2.45) is 0 Å². The lowest BCUT2D eigenvalue weighted by Crippen LogP contribution is -2.42. The minimum Gasteiger partial charge on any atom is -0.480 e. The first-order valence-electron chi connectivity index (χ1n) is 7.40. The van der Waals surface area contributed by atoms with Gasteiger partial charge in [0.1, 0.15) is 12.1 Å². The van der Waals surface area contributed by atoms with Crippen molar-refractivity contribution < 1.29 is 28.2 Å². The van der Waals surface area contributed by atoms with Crippen molar-refractivity contribution in [3.8, 4) is 5.88 Å². The van der Waals surface area contributed by atoms with E-state index >= 15 is 0 Å². The molecule has 23 heavy (non-hydrogen) atoms. The number of nitrogens with zero attached hydrogens (tertiary/aromatic N) is 1. The molecule has 0 aliphatic heterocycles. The maximum Gasteiger partial charge on any atom is 0.326 e. The van der Waals surface area contributed by atoms with Crippen molar-refractivity contribution in [3.05, 3.63) is 23.9 Å². The summed E-state index contributed by atoms with van der Waals surface area (Å²) in [7, 11) is 0. The second-order valence-electron chi connectivity index (χ2n) is 5.40. The van der Waals surface area contributed by atoms with Crippen molar-refractivity contribution >= 4 is 11.9 Å². The largest absolute Gasteiger partial charge is 0.480 e. The number of carbonyl (C=O) groups excluding carboxylic acids is 1. The Balaban J connectivity index is 1.94. The third-order valence-corrected chi connectivity index (χ3v) is 3.61. The fourth-order valence-corrected chi connectivity index (χ4v) is 2.40. The predicted octanol–water partition coefficient (Wildman–Crippen LogP) is 2.24. The summed E-state index contributed by atoms with van der Waals surface area (Å²) in [5.41, 5.74) is 0.0873. The van der Waals surface area contributed by atoms with E-state index in [1.165, 1.54) is 18.3 Å². The van der Waals surface area contributed by atoms with Gasteiger partial charge in [0.05, 0.1) is 5.56 Å². The number of hydrogen-bond acceptors (Lipinski definition) is 4. The van der Waals surface area contributed by atoms with Crippen LogP contribution in [0.2, 0.25) is 0 Å². The van der Waals surface area contributed by atoms with Crippen LogP contribution >= 0.6 is 0 Å². The molecule has 1 saturated carbocycles. The minimum absolute atomic E-state index is 0.0873. The summed E-state index contributed by atoms with van der Waals surface area (Å²) in [6.45, 7) is 0. The Hall–Kier alpha value is -2.25. The van der Waals surface area contributed by atoms with E-state index in [9.17, 15) is 18.4 Å². The molecular formula is C15H18F2N2O4. The molecule has 1 atom stereocenters. The molecule has 1 unspecified atom stereocenters. The number of amides is 1. The number of carbonyl (C=O) groups is 2. The van der Waals surface area contributed by atoms with E-state index in [4.69, 9.17) is 9.84 Å². The number of ether oxygens (including phenoxy) is 1. The Morgan fingerprint density at radius 3 is 2.57 bits per heavy atom. The van der Waals surface area contributed by atoms with Gasteiger partial charge in [0.25, 0.3) is 5.91 Å². The maximum atomic E-state index is 12.3. The van der Waals surface area contributed by atoms with Gasteiger partial charge in [-0.05, 0) is 31.7 Å². The van der Waals surface area contributed by atoms with E-state index in [1.807, 2.05) is 0 Å². The van der Waals surface area contributed by atoms with E-state index < -0.39 is 30.8 Å². The molecule has 0 aromatic carbocycles. The summed E-state index contributed by atoms with van der Waals surface area (Å²) >= 11 is 0. The van der Waals surface area contributed by atoms with Gasteiger partial charge in [0.2, 0.25) is 12.3 Å². The molecule has 1 fully saturated rings. The van der Waals surface area contributed by atoms with Crippen molar-refractivity contribution in [2.75, 3.05) is 0 Å². The number of carboxylic acids is 1. The zero-order valence-corrected chi connectivity index (χ0v) is 12.4. The normalized spacial score (nSPS) is 16.3. The lowest BCUT2D eigenvalue weighted by atomic mass is 10.2. The molecule has 1 amide bonds. The van der Waals surface area contributed by atoms with Gasteiger partial charge in [0.15, 0.2) is 0 Å². The Morgan fingerprint density at radius 1 is 1.35 bits per heavy atom. The van der Waals surface area contributed by atoms with Crippen LogP contribution in [0.4, 0.5) is 8.78 Å². The number of carboxylic acid groups (broad SMARTS) is 1. The molecule has 0 saturated heterocycles. The van der Waals surface area contributed by atoms with E-state index in [2.05, 4.69) is 10.3 Å². The fourth-order valence-electron chi connectivity index (χ4n) is 2.40. The molecule has 1 aromatic rings. The first-order chi connectivity index (χ1) is 11.0. The molecule has 126 valence electrons. The number of aromatic nitrogens is 1. The van der Waals surface area contributed by atoms with Crippen molar-refractivity contribution in [1.29, 1.82) is 0 Å². The van der Waals surface area contributed by atoms with Crippen LogP contribution in [-0.2, 0) is 4.79 Å². The molecule has 2 N–H and O–H groups in total. The van der Waals surface area contributed by atoms with Crippen LogP contribution in [0.3, 0.4) is 0 Å². The molecule has 0 radical (unpaired) electrons. The second-order valence-corrected chi connectivity index (χ2v) is 5.40. The zero-order chi connectivity index (χ0) is 16.8. The van der Waals surface area contributed by atoms with Crippen LogP contribution in [-0.4, -0.2) is 40.5 Å². The Kier molecular flexibility index (Phi) is 5.84. The zero-order valence-electron chi connectivity index (χ0n) is 12.4. The van der Waals surface area contributed by atoms with Gasteiger partial charge in [-0.3, -0.25) is 4.79 Å². The molecule has 6 nitrogen and oxygen atoms in total. The average Bonchev–Trinajstić information content (AvgIpc) is 2.99. The SMILES string of the molecule is O=C(NC(CC(F)F)C(=O)O)c1ccc(OC2CCCC2)nc1. The number of alkyl halides is 2. The molecule has 8 heteroatoms. The van der Waals surface area contributed by atoms with Gasteiger partial charge < -0.3 is 15.2 Å². The average molecular weight is 328 g/mol. The van der Waals surface area contributed by atoms with Crippen LogP contribution < -0.4 is 10.1 Å². The number of halogens is 2. The van der Waals surface area contributed by atoms with Crippen LogP contribution in [0.25, 0.3) is 0 Å². The number of nitrogens with one attached hydrogen (secondary N) is 1. The van der Waals surface area contributed by atoms with Crippen molar-refractivity contribution in [1.82, 2.24) is 10.3 Å². The predicted molar refractivity (Wildman–Crippen MR) is 76.6 cm³/mol. The lowest BCUT2D eigenvalue weighted by Gasteiger charge is -2.14. The highest BCUT2D eigenvalue weighted by Crippen LogP contribution is 2.22. The topological polar surface area (TPSA) is 88.5 Å². The van der Waals surface area contributed by atoms with Gasteiger partial charge in [-0.1, -0.05) is 0 Å². The van der Waals surface area contributed by atoms with Crippen LogP contribution in [0.15, 0.2) is 18.3 Å². The highest BCUT2D eigenvalue weighted by atomic mass is 19.3. The molecule has 0 bridgehead atoms. The first kappa shape index (κ1) is 17.1. The summed E-state index contributed by atoms with van der Waals surface area (Å²) in [6, 6.07) is 1.29. The van der Waals surface area contributed by atoms with Gasteiger partial charge in [0, 0.05) is 18.7 Å². The molecule has 0 spiro atoms. The Bertz CT molecular complexity index is 545. The minimum atomic E-state index is -2.82. The third kappa shape index (κ3) is 5.15. The molecule has 1 heterocycles. The van der Waals surface area contributed by atoms with E-state index in [-0.39, 0.29) is 11.7 Å². The van der Waals surface area contributed by atoms with Crippen LogP contribution in [0, 0.1) is 0 Å². The smallest absolute Gasteiger partial charge is 0.326 e. The van der Waals surface area contributed by atoms with E-state index in [0.717, 1.165) is 25.7 Å². The van der Waals surface area contributed by atoms with Crippen LogP contribution in [0.5, 0.6) is 5.88 Å². The third-order valence-electron chi connectivity index (χ3n) is 3.61. The second kappa shape index (κ2) is 7.85. The lowest BCUT2D eigenvalue weighted by molar-refractivity contribution is -0.140. The Morgan fingerprint density at radius 2 is 2.04 bits per heavy atom. The monoisotopic (exact) mass is 328 g/mol. The van der Waals surface area contributed by atoms with Gasteiger partial charge in [-0.2, -0.15) is 0 Å². The van der Waals surface area contributed by atoms with Gasteiger partial charge in [-0.25, -0.2) is 18.6 Å². The molecule has 1 aliphatic rings. The summed E-state index contributed by atoms with van der Waals surface area (Å²) in [5.74, 6) is -1.89. The van der Waals surface area contributed by atoms with E-state index in [1.54, 1.807) is 0 Å². The number of pyridine rings is 1. The molecule has 1 aromatic heterocycles. The molecular weight excluding hydrogens is 310 g/mol. The highest BCUT2D eigenvalue weighted by molar-refractivity contribution is 5.96. The van der Waals surface area contributed by atoms with Gasteiger partial charge >= 0.3 is 5.97 Å². The molecule has 2 rings (SSSR count). The number of hydrogen-bond donors (Lipinski definition) is 2. The fraction of sp³-hybridized carbons (Fsp3) is 0.533. The summed E-state index contributed by atoms with van der Waals surface area (Å²) in [6.07, 6.45) is 1.77.